The van der Waals surface area contributed by atoms with Gasteiger partial charge in [-0.05, 0) is 47.0 Å². The van der Waals surface area contributed by atoms with Crippen LogP contribution >= 0.6 is 0 Å². The van der Waals surface area contributed by atoms with Gasteiger partial charge in [0.1, 0.15) is 6.04 Å². The lowest BCUT2D eigenvalue weighted by molar-refractivity contribution is -0.123. The van der Waals surface area contributed by atoms with Crippen LogP contribution in [0.25, 0.3) is 0 Å². The van der Waals surface area contributed by atoms with E-state index in [9.17, 15) is 4.79 Å². The second-order valence-corrected chi connectivity index (χ2v) is 6.36. The number of pyridine rings is 2. The van der Waals surface area contributed by atoms with Gasteiger partial charge in [0.2, 0.25) is 12.7 Å². The zero-order valence-electron chi connectivity index (χ0n) is 15.2. The quantitative estimate of drug-likeness (QED) is 0.658. The van der Waals surface area contributed by atoms with Crippen LogP contribution in [-0.4, -0.2) is 22.7 Å². The Labute approximate surface area is 162 Å². The summed E-state index contributed by atoms with van der Waals surface area (Å²) in [7, 11) is 0. The van der Waals surface area contributed by atoms with Crippen molar-refractivity contribution in [2.24, 2.45) is 0 Å². The third-order valence-electron chi connectivity index (χ3n) is 4.44. The fourth-order valence-corrected chi connectivity index (χ4v) is 2.97. The first-order valence-electron chi connectivity index (χ1n) is 8.98. The average Bonchev–Trinajstić information content (AvgIpc) is 3.22. The van der Waals surface area contributed by atoms with Gasteiger partial charge in [0.15, 0.2) is 11.5 Å². The number of hydrogen-bond donors (Lipinski definition) is 2. The minimum atomic E-state index is -0.545. The maximum atomic E-state index is 13.0. The lowest BCUT2D eigenvalue weighted by Crippen LogP contribution is -2.37. The van der Waals surface area contributed by atoms with E-state index in [-0.39, 0.29) is 12.7 Å². The number of benzene rings is 1. The first-order valence-corrected chi connectivity index (χ1v) is 8.98. The topological polar surface area (TPSA) is 85.4 Å². The highest BCUT2D eigenvalue weighted by Gasteiger charge is 2.23. The molecule has 7 nitrogen and oxygen atoms in total. The maximum Gasteiger partial charge on any atom is 0.242 e. The Kier molecular flexibility index (Phi) is 5.44. The molecule has 0 saturated heterocycles. The predicted molar refractivity (Wildman–Crippen MR) is 102 cm³/mol. The summed E-state index contributed by atoms with van der Waals surface area (Å²) in [5.74, 6) is 1.21. The Morgan fingerprint density at radius 3 is 2.64 bits per heavy atom. The van der Waals surface area contributed by atoms with Crippen molar-refractivity contribution in [3.8, 4) is 11.5 Å². The molecule has 0 saturated carbocycles. The predicted octanol–water partition coefficient (Wildman–Crippen LogP) is 2.35. The summed E-state index contributed by atoms with van der Waals surface area (Å²) in [4.78, 5) is 21.1. The Morgan fingerprint density at radius 1 is 0.964 bits per heavy atom. The summed E-state index contributed by atoms with van der Waals surface area (Å²) in [5.41, 5.74) is 2.79. The molecule has 0 radical (unpaired) electrons. The minimum Gasteiger partial charge on any atom is -0.454 e. The highest BCUT2D eigenvalue weighted by Crippen LogP contribution is 2.34. The zero-order valence-corrected chi connectivity index (χ0v) is 15.2. The molecule has 3 heterocycles. The SMILES string of the molecule is O=C(NCc1ccncc1)C(NCc1cccnc1)c1ccc2c(c1)OCO2. The van der Waals surface area contributed by atoms with E-state index >= 15 is 0 Å². The minimum absolute atomic E-state index is 0.125. The van der Waals surface area contributed by atoms with Crippen molar-refractivity contribution in [3.05, 3.63) is 83.9 Å². The molecule has 4 rings (SSSR count). The monoisotopic (exact) mass is 376 g/mol. The molecule has 1 aliphatic rings. The van der Waals surface area contributed by atoms with Crippen LogP contribution in [0.1, 0.15) is 22.7 Å². The van der Waals surface area contributed by atoms with Gasteiger partial charge >= 0.3 is 0 Å². The summed E-state index contributed by atoms with van der Waals surface area (Å²) in [6.07, 6.45) is 6.91. The second kappa shape index (κ2) is 8.49. The van der Waals surface area contributed by atoms with Gasteiger partial charge in [0.05, 0.1) is 0 Å². The molecule has 0 bridgehead atoms. The van der Waals surface area contributed by atoms with Crippen molar-refractivity contribution < 1.29 is 14.3 Å². The number of aromatic nitrogens is 2. The number of ether oxygens (including phenoxy) is 2. The van der Waals surface area contributed by atoms with Crippen LogP contribution in [0.3, 0.4) is 0 Å². The molecular formula is C21H20N4O3. The highest BCUT2D eigenvalue weighted by atomic mass is 16.7. The zero-order chi connectivity index (χ0) is 19.2. The van der Waals surface area contributed by atoms with Gasteiger partial charge in [-0.2, -0.15) is 0 Å². The molecule has 3 aromatic rings. The van der Waals surface area contributed by atoms with Crippen LogP contribution in [0, 0.1) is 0 Å². The highest BCUT2D eigenvalue weighted by molar-refractivity contribution is 5.83. The normalized spacial score (nSPS) is 13.1. The Balaban J connectivity index is 1.51. The summed E-state index contributed by atoms with van der Waals surface area (Å²) < 4.78 is 10.8. The van der Waals surface area contributed by atoms with Gasteiger partial charge in [-0.3, -0.25) is 20.1 Å². The van der Waals surface area contributed by atoms with Gasteiger partial charge < -0.3 is 14.8 Å². The molecule has 1 amide bonds. The molecule has 2 aromatic heterocycles. The molecule has 7 heteroatoms. The number of carbonyl (C=O) groups is 1. The summed E-state index contributed by atoms with van der Waals surface area (Å²) >= 11 is 0. The van der Waals surface area contributed by atoms with Crippen molar-refractivity contribution >= 4 is 5.91 Å². The lowest BCUT2D eigenvalue weighted by atomic mass is 10.0. The summed E-state index contributed by atoms with van der Waals surface area (Å²) in [6.45, 7) is 1.13. The summed E-state index contributed by atoms with van der Waals surface area (Å²) in [5, 5.41) is 6.30. The average molecular weight is 376 g/mol. The van der Waals surface area contributed by atoms with Crippen LogP contribution in [0.4, 0.5) is 0 Å². The van der Waals surface area contributed by atoms with Crippen molar-refractivity contribution in [3.63, 3.8) is 0 Å². The standard InChI is InChI=1S/C21H20N4O3/c26-21(25-12-15-5-8-22-9-6-15)20(24-13-16-2-1-7-23-11-16)17-3-4-18-19(10-17)28-14-27-18/h1-11,20,24H,12-14H2,(H,25,26). The second-order valence-electron chi connectivity index (χ2n) is 6.36. The molecule has 142 valence electrons. The fourth-order valence-electron chi connectivity index (χ4n) is 2.97. The van der Waals surface area contributed by atoms with E-state index in [0.29, 0.717) is 24.6 Å². The van der Waals surface area contributed by atoms with Crippen LogP contribution in [0.5, 0.6) is 11.5 Å². The van der Waals surface area contributed by atoms with Crippen molar-refractivity contribution in [1.29, 1.82) is 0 Å². The van der Waals surface area contributed by atoms with Gasteiger partial charge in [-0.25, -0.2) is 0 Å². The fraction of sp³-hybridized carbons (Fsp3) is 0.190. The molecule has 1 aromatic carbocycles. The van der Waals surface area contributed by atoms with E-state index in [1.165, 1.54) is 0 Å². The molecule has 1 aliphatic heterocycles. The number of rotatable bonds is 7. The smallest absolute Gasteiger partial charge is 0.242 e. The van der Waals surface area contributed by atoms with Gasteiger partial charge in [-0.15, -0.1) is 0 Å². The van der Waals surface area contributed by atoms with E-state index in [1.807, 2.05) is 42.5 Å². The van der Waals surface area contributed by atoms with Crippen molar-refractivity contribution in [1.82, 2.24) is 20.6 Å². The molecule has 1 atom stereocenters. The lowest BCUT2D eigenvalue weighted by Gasteiger charge is -2.19. The van der Waals surface area contributed by atoms with Crippen molar-refractivity contribution in [2.75, 3.05) is 6.79 Å². The van der Waals surface area contributed by atoms with Crippen molar-refractivity contribution in [2.45, 2.75) is 19.1 Å². The first kappa shape index (κ1) is 17.9. The molecular weight excluding hydrogens is 356 g/mol. The van der Waals surface area contributed by atoms with Crippen LogP contribution in [0.2, 0.25) is 0 Å². The molecule has 0 spiro atoms. The largest absolute Gasteiger partial charge is 0.454 e. The van der Waals surface area contributed by atoms with E-state index in [2.05, 4.69) is 20.6 Å². The molecule has 2 N–H and O–H groups in total. The van der Waals surface area contributed by atoms with E-state index in [1.54, 1.807) is 24.8 Å². The van der Waals surface area contributed by atoms with E-state index < -0.39 is 6.04 Å². The van der Waals surface area contributed by atoms with Gasteiger partial charge in [0.25, 0.3) is 0 Å². The molecule has 0 aliphatic carbocycles. The number of amides is 1. The van der Waals surface area contributed by atoms with Crippen LogP contribution in [-0.2, 0) is 17.9 Å². The first-order chi connectivity index (χ1) is 13.8. The maximum absolute atomic E-state index is 13.0. The third-order valence-corrected chi connectivity index (χ3v) is 4.44. The molecule has 1 unspecified atom stereocenters. The van der Waals surface area contributed by atoms with E-state index in [4.69, 9.17) is 9.47 Å². The Bertz CT molecular complexity index is 935. The number of hydrogen-bond acceptors (Lipinski definition) is 6. The molecule has 0 fully saturated rings. The number of carbonyl (C=O) groups excluding carboxylic acids is 1. The Hall–Kier alpha value is -3.45. The van der Waals surface area contributed by atoms with Gasteiger partial charge in [0, 0.05) is 37.9 Å². The van der Waals surface area contributed by atoms with Crippen LogP contribution in [0.15, 0.2) is 67.3 Å². The number of nitrogens with zero attached hydrogens (tertiary/aromatic N) is 2. The van der Waals surface area contributed by atoms with Crippen LogP contribution < -0.4 is 20.1 Å². The molecule has 28 heavy (non-hydrogen) atoms. The summed E-state index contributed by atoms with van der Waals surface area (Å²) in [6, 6.07) is 12.6. The van der Waals surface area contributed by atoms with E-state index in [0.717, 1.165) is 16.7 Å². The third kappa shape index (κ3) is 4.27. The number of fused-ring (bicyclic) bond motifs is 1. The van der Waals surface area contributed by atoms with Gasteiger partial charge in [-0.1, -0.05) is 12.1 Å². The number of nitrogens with one attached hydrogen (secondary N) is 2. The Morgan fingerprint density at radius 2 is 1.82 bits per heavy atom.